The molecular formula is C14H25IN4O. The van der Waals surface area contributed by atoms with Crippen LogP contribution in [0.2, 0.25) is 0 Å². The van der Waals surface area contributed by atoms with Crippen molar-refractivity contribution in [2.45, 2.75) is 58.0 Å². The quantitative estimate of drug-likeness (QED) is 0.459. The number of hydrogen-bond donors (Lipinski definition) is 1. The van der Waals surface area contributed by atoms with Crippen molar-refractivity contribution in [1.29, 1.82) is 0 Å². The lowest BCUT2D eigenvalue weighted by atomic mass is 9.99. The van der Waals surface area contributed by atoms with Crippen molar-refractivity contribution in [3.05, 3.63) is 17.5 Å². The lowest BCUT2D eigenvalue weighted by molar-refractivity contribution is 0.371. The van der Waals surface area contributed by atoms with E-state index in [1.807, 2.05) is 18.0 Å². The van der Waals surface area contributed by atoms with Gasteiger partial charge in [-0.1, -0.05) is 19.0 Å². The van der Waals surface area contributed by atoms with E-state index >= 15 is 0 Å². The predicted octanol–water partition coefficient (Wildman–Crippen LogP) is 3.11. The summed E-state index contributed by atoms with van der Waals surface area (Å²) in [6.07, 6.45) is 4.60. The third kappa shape index (κ3) is 4.36. The van der Waals surface area contributed by atoms with E-state index in [1.165, 1.54) is 12.8 Å². The summed E-state index contributed by atoms with van der Waals surface area (Å²) in [6, 6.07) is 2.59. The van der Waals surface area contributed by atoms with Gasteiger partial charge in [0.1, 0.15) is 6.54 Å². The molecule has 2 N–H and O–H groups in total. The summed E-state index contributed by atoms with van der Waals surface area (Å²) < 4.78 is 5.32. The average Bonchev–Trinajstić information content (AvgIpc) is 3.17. The first-order valence-electron chi connectivity index (χ1n) is 7.13. The number of aromatic nitrogens is 1. The molecule has 5 nitrogen and oxygen atoms in total. The van der Waals surface area contributed by atoms with E-state index < -0.39 is 0 Å². The van der Waals surface area contributed by atoms with E-state index in [-0.39, 0.29) is 24.0 Å². The van der Waals surface area contributed by atoms with E-state index in [0.29, 0.717) is 24.5 Å². The van der Waals surface area contributed by atoms with Gasteiger partial charge in [0.25, 0.3) is 0 Å². The van der Waals surface area contributed by atoms with E-state index in [9.17, 15) is 0 Å². The average molecular weight is 392 g/mol. The Balaban J connectivity index is 0.00000200. The molecule has 1 heterocycles. The van der Waals surface area contributed by atoms with Crippen LogP contribution >= 0.6 is 24.0 Å². The van der Waals surface area contributed by atoms with Gasteiger partial charge < -0.3 is 15.2 Å². The van der Waals surface area contributed by atoms with E-state index in [4.69, 9.17) is 10.3 Å². The Morgan fingerprint density at radius 2 is 2.15 bits per heavy atom. The first kappa shape index (κ1) is 17.3. The van der Waals surface area contributed by atoms with Crippen LogP contribution in [-0.4, -0.2) is 29.1 Å². The molecule has 0 bridgehead atoms. The molecule has 1 fully saturated rings. The van der Waals surface area contributed by atoms with Crippen LogP contribution in [0.25, 0.3) is 0 Å². The predicted molar refractivity (Wildman–Crippen MR) is 91.4 cm³/mol. The van der Waals surface area contributed by atoms with Crippen molar-refractivity contribution >= 4 is 29.9 Å². The molecule has 1 aromatic heterocycles. The molecule has 114 valence electrons. The molecule has 1 aromatic rings. The molecule has 0 spiro atoms. The second-order valence-electron chi connectivity index (χ2n) is 5.25. The highest BCUT2D eigenvalue weighted by Gasteiger charge is 2.27. The van der Waals surface area contributed by atoms with E-state index in [2.05, 4.69) is 24.0 Å². The fourth-order valence-corrected chi connectivity index (χ4v) is 2.22. The molecule has 1 aliphatic carbocycles. The van der Waals surface area contributed by atoms with Crippen molar-refractivity contribution < 1.29 is 4.52 Å². The highest BCUT2D eigenvalue weighted by Crippen LogP contribution is 2.25. The van der Waals surface area contributed by atoms with Gasteiger partial charge in [-0.05, 0) is 25.7 Å². The minimum Gasteiger partial charge on any atom is -0.370 e. The monoisotopic (exact) mass is 392 g/mol. The van der Waals surface area contributed by atoms with Gasteiger partial charge in [0.2, 0.25) is 0 Å². The summed E-state index contributed by atoms with van der Waals surface area (Å²) in [5, 5.41) is 4.13. The fourth-order valence-electron chi connectivity index (χ4n) is 2.22. The van der Waals surface area contributed by atoms with E-state index in [0.717, 1.165) is 24.3 Å². The summed E-state index contributed by atoms with van der Waals surface area (Å²) in [5.74, 6) is 1.85. The van der Waals surface area contributed by atoms with Gasteiger partial charge in [0.15, 0.2) is 11.7 Å². The third-order valence-corrected chi connectivity index (χ3v) is 3.83. The van der Waals surface area contributed by atoms with Gasteiger partial charge >= 0.3 is 0 Å². The summed E-state index contributed by atoms with van der Waals surface area (Å²) in [4.78, 5) is 6.41. The minimum atomic E-state index is 0. The maximum absolute atomic E-state index is 5.94. The molecule has 2 rings (SSSR count). The molecule has 0 radical (unpaired) electrons. The summed E-state index contributed by atoms with van der Waals surface area (Å²) >= 11 is 0. The highest BCUT2D eigenvalue weighted by atomic mass is 127. The summed E-state index contributed by atoms with van der Waals surface area (Å²) in [7, 11) is 1.99. The highest BCUT2D eigenvalue weighted by molar-refractivity contribution is 14.0. The van der Waals surface area contributed by atoms with Gasteiger partial charge in [-0.2, -0.15) is 0 Å². The molecule has 20 heavy (non-hydrogen) atoms. The maximum atomic E-state index is 5.94. The van der Waals surface area contributed by atoms with Crippen LogP contribution in [-0.2, 0) is 6.54 Å². The van der Waals surface area contributed by atoms with Crippen LogP contribution in [0.1, 0.15) is 56.9 Å². The van der Waals surface area contributed by atoms with Gasteiger partial charge in [0.05, 0.1) is 5.69 Å². The smallest absolute Gasteiger partial charge is 0.191 e. The van der Waals surface area contributed by atoms with Gasteiger partial charge in [-0.3, -0.25) is 0 Å². The van der Waals surface area contributed by atoms with Gasteiger partial charge in [0, 0.05) is 25.1 Å². The maximum Gasteiger partial charge on any atom is 0.191 e. The Morgan fingerprint density at radius 1 is 1.50 bits per heavy atom. The van der Waals surface area contributed by atoms with Gasteiger partial charge in [-0.15, -0.1) is 24.0 Å². The standard InChI is InChI=1S/C14H24N4O.HI/c1-4-10(5-2)13-8-12(19-17-13)9-16-14(15)18(3)11-6-7-11;/h8,10-11H,4-7,9H2,1-3H3,(H2,15,16);1H. The number of nitrogens with two attached hydrogens (primary N) is 1. The first-order chi connectivity index (χ1) is 9.15. The molecule has 0 aromatic carbocycles. The second kappa shape index (κ2) is 7.85. The molecule has 0 saturated heterocycles. The normalized spacial score (nSPS) is 15.3. The lowest BCUT2D eigenvalue weighted by Gasteiger charge is -2.16. The SMILES string of the molecule is CCC(CC)c1cc(CN=C(N)N(C)C2CC2)on1.I. The third-order valence-electron chi connectivity index (χ3n) is 3.83. The molecule has 0 amide bonds. The number of halogens is 1. The Morgan fingerprint density at radius 3 is 2.70 bits per heavy atom. The molecule has 1 saturated carbocycles. The molecule has 0 aliphatic heterocycles. The fraction of sp³-hybridized carbons (Fsp3) is 0.714. The van der Waals surface area contributed by atoms with Crippen molar-refractivity contribution in [1.82, 2.24) is 10.1 Å². The number of aliphatic imine (C=N–C) groups is 1. The lowest BCUT2D eigenvalue weighted by Crippen LogP contribution is -2.35. The Kier molecular flexibility index (Phi) is 6.78. The topological polar surface area (TPSA) is 67.7 Å². The second-order valence-corrected chi connectivity index (χ2v) is 5.25. The zero-order chi connectivity index (χ0) is 13.8. The van der Waals surface area contributed by atoms with E-state index in [1.54, 1.807) is 0 Å². The molecule has 1 aliphatic rings. The van der Waals surface area contributed by atoms with Crippen LogP contribution in [0, 0.1) is 0 Å². The Hall–Kier alpha value is -0.790. The van der Waals surface area contributed by atoms with Crippen molar-refractivity contribution in [3.8, 4) is 0 Å². The van der Waals surface area contributed by atoms with Crippen molar-refractivity contribution in [2.24, 2.45) is 10.7 Å². The Labute approximate surface area is 138 Å². The zero-order valence-corrected chi connectivity index (χ0v) is 14.8. The minimum absolute atomic E-state index is 0. The Bertz CT molecular complexity index is 438. The van der Waals surface area contributed by atoms with Crippen molar-refractivity contribution in [2.75, 3.05) is 7.05 Å². The number of nitrogens with zero attached hydrogens (tertiary/aromatic N) is 3. The molecular weight excluding hydrogens is 367 g/mol. The zero-order valence-electron chi connectivity index (χ0n) is 12.5. The van der Waals surface area contributed by atoms with Crippen LogP contribution in [0.15, 0.2) is 15.6 Å². The summed E-state index contributed by atoms with van der Waals surface area (Å²) in [6.45, 7) is 4.81. The molecule has 0 unspecified atom stereocenters. The number of rotatable bonds is 6. The van der Waals surface area contributed by atoms with Crippen LogP contribution in [0.4, 0.5) is 0 Å². The van der Waals surface area contributed by atoms with Crippen LogP contribution in [0.5, 0.6) is 0 Å². The van der Waals surface area contributed by atoms with Crippen LogP contribution in [0.3, 0.4) is 0 Å². The van der Waals surface area contributed by atoms with Crippen molar-refractivity contribution in [3.63, 3.8) is 0 Å². The molecule has 0 atom stereocenters. The number of hydrogen-bond acceptors (Lipinski definition) is 3. The van der Waals surface area contributed by atoms with Crippen LogP contribution < -0.4 is 5.73 Å². The summed E-state index contributed by atoms with van der Waals surface area (Å²) in [5.41, 5.74) is 6.97. The van der Waals surface area contributed by atoms with Gasteiger partial charge in [-0.25, -0.2) is 4.99 Å². The number of guanidine groups is 1. The first-order valence-corrected chi connectivity index (χ1v) is 7.13. The molecule has 6 heteroatoms. The largest absolute Gasteiger partial charge is 0.370 e.